The minimum Gasteiger partial charge on any atom is -0.357 e. The first-order chi connectivity index (χ1) is 12.6. The summed E-state index contributed by atoms with van der Waals surface area (Å²) in [6.45, 7) is 4.16. The molecule has 2 aliphatic carbocycles. The number of rotatable bonds is 9. The molecule has 0 unspecified atom stereocenters. The molecule has 2 saturated carbocycles. The third kappa shape index (κ3) is 6.93. The predicted molar refractivity (Wildman–Crippen MR) is 117 cm³/mol. The van der Waals surface area contributed by atoms with Crippen molar-refractivity contribution in [1.82, 2.24) is 16.0 Å². The van der Waals surface area contributed by atoms with E-state index in [1.54, 1.807) is 12.1 Å². The Labute approximate surface area is 178 Å². The van der Waals surface area contributed by atoms with Gasteiger partial charge in [-0.05, 0) is 56.7 Å². The van der Waals surface area contributed by atoms with Crippen molar-refractivity contribution in [2.75, 3.05) is 19.6 Å². The van der Waals surface area contributed by atoms with Crippen molar-refractivity contribution in [2.24, 2.45) is 4.99 Å². The van der Waals surface area contributed by atoms with Gasteiger partial charge < -0.3 is 16.0 Å². The van der Waals surface area contributed by atoms with Crippen molar-refractivity contribution in [3.63, 3.8) is 0 Å². The monoisotopic (exact) mass is 488 g/mol. The molecule has 5 nitrogen and oxygen atoms in total. The average molecular weight is 488 g/mol. The van der Waals surface area contributed by atoms with Crippen molar-refractivity contribution in [2.45, 2.75) is 56.9 Å². The molecular formula is C20H30FIN4O. The molecule has 3 rings (SSSR count). The second kappa shape index (κ2) is 10.2. The topological polar surface area (TPSA) is 65.5 Å². The first-order valence-electron chi connectivity index (χ1n) is 9.69. The van der Waals surface area contributed by atoms with Gasteiger partial charge in [0.15, 0.2) is 5.96 Å². The van der Waals surface area contributed by atoms with Gasteiger partial charge in [0.25, 0.3) is 0 Å². The number of carbonyl (C=O) groups is 1. The maximum absolute atomic E-state index is 13.5. The van der Waals surface area contributed by atoms with Gasteiger partial charge in [0, 0.05) is 31.0 Å². The standard InChI is InChI=1S/C20H29FN4O.HI/c1-2-22-19(23-12-4-7-18(26)25-17-8-9-17)24-14-20(10-11-20)15-5-3-6-16(21)13-15;/h3,5-6,13,17H,2,4,7-12,14H2,1H3,(H,25,26)(H2,22,23,24);1H. The number of hydrogen-bond donors (Lipinski definition) is 3. The maximum Gasteiger partial charge on any atom is 0.220 e. The van der Waals surface area contributed by atoms with Crippen LogP contribution < -0.4 is 16.0 Å². The molecule has 1 amide bonds. The van der Waals surface area contributed by atoms with Gasteiger partial charge in [-0.2, -0.15) is 0 Å². The van der Waals surface area contributed by atoms with Crippen molar-refractivity contribution in [1.29, 1.82) is 0 Å². The first-order valence-corrected chi connectivity index (χ1v) is 9.69. The summed E-state index contributed by atoms with van der Waals surface area (Å²) in [6.07, 6.45) is 5.64. The molecule has 1 aromatic rings. The number of amides is 1. The lowest BCUT2D eigenvalue weighted by Gasteiger charge is -2.16. The van der Waals surface area contributed by atoms with E-state index in [0.717, 1.165) is 50.2 Å². The number of benzene rings is 1. The van der Waals surface area contributed by atoms with Crippen LogP contribution >= 0.6 is 24.0 Å². The maximum atomic E-state index is 13.5. The summed E-state index contributed by atoms with van der Waals surface area (Å²) in [5, 5.41) is 9.53. The fourth-order valence-corrected chi connectivity index (χ4v) is 3.06. The highest BCUT2D eigenvalue weighted by Gasteiger charge is 2.44. The Morgan fingerprint density at radius 3 is 2.70 bits per heavy atom. The Balaban J connectivity index is 0.00000261. The summed E-state index contributed by atoms with van der Waals surface area (Å²) in [4.78, 5) is 16.4. The number of nitrogens with zero attached hydrogens (tertiary/aromatic N) is 1. The third-order valence-electron chi connectivity index (χ3n) is 4.99. The van der Waals surface area contributed by atoms with Gasteiger partial charge >= 0.3 is 0 Å². The van der Waals surface area contributed by atoms with Crippen LogP contribution in [0.25, 0.3) is 0 Å². The highest BCUT2D eigenvalue weighted by atomic mass is 127. The molecule has 7 heteroatoms. The molecule has 0 saturated heterocycles. The summed E-state index contributed by atoms with van der Waals surface area (Å²) < 4.78 is 13.5. The van der Waals surface area contributed by atoms with Gasteiger partial charge in [-0.25, -0.2) is 4.39 Å². The van der Waals surface area contributed by atoms with Crippen LogP contribution in [0.5, 0.6) is 0 Å². The second-order valence-electron chi connectivity index (χ2n) is 7.36. The highest BCUT2D eigenvalue weighted by Crippen LogP contribution is 2.48. The van der Waals surface area contributed by atoms with E-state index in [9.17, 15) is 9.18 Å². The number of nitrogens with one attached hydrogen (secondary N) is 3. The zero-order chi connectivity index (χ0) is 18.4. The molecular weight excluding hydrogens is 458 g/mol. The lowest BCUT2D eigenvalue weighted by Crippen LogP contribution is -2.38. The zero-order valence-electron chi connectivity index (χ0n) is 15.9. The van der Waals surface area contributed by atoms with E-state index >= 15 is 0 Å². The quantitative estimate of drug-likeness (QED) is 0.217. The number of carbonyl (C=O) groups excluding carboxylic acids is 1. The highest BCUT2D eigenvalue weighted by molar-refractivity contribution is 14.0. The molecule has 0 aromatic heterocycles. The van der Waals surface area contributed by atoms with Gasteiger partial charge in [0.1, 0.15) is 5.82 Å². The van der Waals surface area contributed by atoms with Gasteiger partial charge in [-0.15, -0.1) is 24.0 Å². The first kappa shape index (κ1) is 21.9. The van der Waals surface area contributed by atoms with Crippen LogP contribution in [0.2, 0.25) is 0 Å². The summed E-state index contributed by atoms with van der Waals surface area (Å²) in [7, 11) is 0. The normalized spacial score (nSPS) is 17.6. The minimum atomic E-state index is -0.188. The van der Waals surface area contributed by atoms with Crippen LogP contribution in [0, 0.1) is 5.82 Å². The molecule has 0 atom stereocenters. The molecule has 0 radical (unpaired) electrons. The molecule has 1 aromatic carbocycles. The fraction of sp³-hybridized carbons (Fsp3) is 0.600. The average Bonchev–Trinajstić information content (AvgIpc) is 3.52. The number of aliphatic imine (C=N–C) groups is 1. The number of hydrogen-bond acceptors (Lipinski definition) is 2. The van der Waals surface area contributed by atoms with Gasteiger partial charge in [-0.1, -0.05) is 12.1 Å². The van der Waals surface area contributed by atoms with E-state index in [2.05, 4.69) is 16.0 Å². The summed E-state index contributed by atoms with van der Waals surface area (Å²) in [5.74, 6) is 0.712. The SMILES string of the molecule is CCNC(=NCC1(c2cccc(F)c2)CC1)NCCCC(=O)NC1CC1.I. The van der Waals surface area contributed by atoms with E-state index in [0.29, 0.717) is 25.6 Å². The van der Waals surface area contributed by atoms with E-state index in [4.69, 9.17) is 4.99 Å². The second-order valence-corrected chi connectivity index (χ2v) is 7.36. The number of halogens is 2. The molecule has 0 aliphatic heterocycles. The lowest BCUT2D eigenvalue weighted by atomic mass is 9.96. The van der Waals surface area contributed by atoms with E-state index in [1.165, 1.54) is 6.07 Å². The Morgan fingerprint density at radius 1 is 1.30 bits per heavy atom. The molecule has 0 heterocycles. The zero-order valence-corrected chi connectivity index (χ0v) is 18.2. The lowest BCUT2D eigenvalue weighted by molar-refractivity contribution is -0.121. The Bertz CT molecular complexity index is 659. The Morgan fingerprint density at radius 2 is 2.07 bits per heavy atom. The summed E-state index contributed by atoms with van der Waals surface area (Å²) >= 11 is 0. The molecule has 3 N–H and O–H groups in total. The van der Waals surface area contributed by atoms with E-state index in [-0.39, 0.29) is 41.1 Å². The third-order valence-corrected chi connectivity index (χ3v) is 4.99. The molecule has 27 heavy (non-hydrogen) atoms. The van der Waals surface area contributed by atoms with Crippen LogP contribution in [0.15, 0.2) is 29.3 Å². The summed E-state index contributed by atoms with van der Waals surface area (Å²) in [5.41, 5.74) is 1.02. The Kier molecular flexibility index (Phi) is 8.31. The summed E-state index contributed by atoms with van der Waals surface area (Å²) in [6, 6.07) is 7.29. The van der Waals surface area contributed by atoms with Gasteiger partial charge in [0.2, 0.25) is 5.91 Å². The smallest absolute Gasteiger partial charge is 0.220 e. The molecule has 150 valence electrons. The molecule has 0 bridgehead atoms. The van der Waals surface area contributed by atoms with Gasteiger partial charge in [0.05, 0.1) is 6.54 Å². The number of guanidine groups is 1. The van der Waals surface area contributed by atoms with Crippen molar-refractivity contribution >= 4 is 35.8 Å². The van der Waals surface area contributed by atoms with Crippen LogP contribution in [0.3, 0.4) is 0 Å². The predicted octanol–water partition coefficient (Wildman–Crippen LogP) is 3.09. The van der Waals surface area contributed by atoms with E-state index in [1.807, 2.05) is 13.0 Å². The Hall–Kier alpha value is -1.38. The van der Waals surface area contributed by atoms with Crippen molar-refractivity contribution < 1.29 is 9.18 Å². The molecule has 2 aliphatic rings. The van der Waals surface area contributed by atoms with E-state index < -0.39 is 0 Å². The van der Waals surface area contributed by atoms with Crippen LogP contribution in [-0.2, 0) is 10.2 Å². The van der Waals surface area contributed by atoms with Crippen molar-refractivity contribution in [3.8, 4) is 0 Å². The molecule has 0 spiro atoms. The van der Waals surface area contributed by atoms with Crippen LogP contribution in [0.1, 0.15) is 51.0 Å². The molecule has 2 fully saturated rings. The van der Waals surface area contributed by atoms with Crippen molar-refractivity contribution in [3.05, 3.63) is 35.6 Å². The fourth-order valence-electron chi connectivity index (χ4n) is 3.06. The minimum absolute atomic E-state index is 0. The van der Waals surface area contributed by atoms with Crippen LogP contribution in [-0.4, -0.2) is 37.5 Å². The van der Waals surface area contributed by atoms with Crippen LogP contribution in [0.4, 0.5) is 4.39 Å². The largest absolute Gasteiger partial charge is 0.357 e. The van der Waals surface area contributed by atoms with Gasteiger partial charge in [-0.3, -0.25) is 9.79 Å².